The van der Waals surface area contributed by atoms with Crippen LogP contribution in [0.4, 0.5) is 17.1 Å². The molecule has 14 nitrogen and oxygen atoms in total. The van der Waals surface area contributed by atoms with Gasteiger partial charge >= 0.3 is 0 Å². The highest BCUT2D eigenvalue weighted by Crippen LogP contribution is 2.43. The number of ether oxygens (including phenoxy) is 5. The maximum absolute atomic E-state index is 14.0. The van der Waals surface area contributed by atoms with Gasteiger partial charge < -0.3 is 49.0 Å². The molecule has 1 unspecified atom stereocenters. The van der Waals surface area contributed by atoms with Crippen LogP contribution in [0.5, 0.6) is 28.7 Å². The van der Waals surface area contributed by atoms with Crippen molar-refractivity contribution < 1.29 is 42.9 Å². The van der Waals surface area contributed by atoms with E-state index in [1.54, 1.807) is 68.7 Å². The summed E-state index contributed by atoms with van der Waals surface area (Å²) in [6.45, 7) is 0.682. The van der Waals surface area contributed by atoms with Crippen molar-refractivity contribution in [3.63, 3.8) is 0 Å². The normalized spacial score (nSPS) is 18.4. The molecule has 4 aliphatic heterocycles. The van der Waals surface area contributed by atoms with Crippen molar-refractivity contribution in [2.45, 2.75) is 37.9 Å². The molecule has 57 heavy (non-hydrogen) atoms. The predicted octanol–water partition coefficient (Wildman–Crippen LogP) is 4.92. The third-order valence-corrected chi connectivity index (χ3v) is 11.1. The molecule has 14 heteroatoms. The number of carbonyl (C=O) groups excluding carboxylic acids is 4. The Bertz CT molecular complexity index is 2340. The van der Waals surface area contributed by atoms with Crippen LogP contribution in [0, 0.1) is 0 Å². The first kappa shape index (κ1) is 37.2. The van der Waals surface area contributed by atoms with E-state index < -0.39 is 12.1 Å². The molecule has 294 valence electrons. The lowest BCUT2D eigenvalue weighted by molar-refractivity contribution is -0.123. The van der Waals surface area contributed by atoms with Crippen molar-refractivity contribution >= 4 is 46.3 Å². The molecule has 0 radical (unpaired) electrons. The smallest absolute Gasteiger partial charge is 0.260 e. The summed E-state index contributed by atoms with van der Waals surface area (Å²) in [6, 6.07) is 18.2. The first-order valence-electron chi connectivity index (χ1n) is 18.6. The van der Waals surface area contributed by atoms with Gasteiger partial charge in [-0.15, -0.1) is 0 Å². The average Bonchev–Trinajstić information content (AvgIpc) is 3.64. The molecule has 0 aromatic heterocycles. The van der Waals surface area contributed by atoms with E-state index in [9.17, 15) is 19.2 Å². The Morgan fingerprint density at radius 2 is 1.25 bits per heavy atom. The number of anilines is 3. The summed E-state index contributed by atoms with van der Waals surface area (Å²) in [5.41, 5.74) is 11.7. The average molecular weight is 774 g/mol. The monoisotopic (exact) mass is 773 g/mol. The molecule has 0 saturated heterocycles. The van der Waals surface area contributed by atoms with Gasteiger partial charge in [0.1, 0.15) is 17.8 Å². The molecule has 0 spiro atoms. The number of nitrogen functional groups attached to an aromatic ring is 1. The van der Waals surface area contributed by atoms with Gasteiger partial charge in [-0.25, -0.2) is 0 Å². The minimum absolute atomic E-state index is 0.198. The zero-order chi connectivity index (χ0) is 40.1. The van der Waals surface area contributed by atoms with Crippen molar-refractivity contribution in [2.75, 3.05) is 64.2 Å². The Morgan fingerprint density at radius 3 is 1.84 bits per heavy atom. The van der Waals surface area contributed by atoms with Crippen LogP contribution in [0.3, 0.4) is 0 Å². The van der Waals surface area contributed by atoms with Crippen LogP contribution in [0.25, 0.3) is 5.57 Å². The number of hydrogen-bond donors (Lipinski definition) is 1. The third kappa shape index (κ3) is 6.50. The first-order chi connectivity index (χ1) is 27.5. The predicted molar refractivity (Wildman–Crippen MR) is 212 cm³/mol. The second kappa shape index (κ2) is 14.8. The Kier molecular flexibility index (Phi) is 9.64. The fourth-order valence-electron chi connectivity index (χ4n) is 7.98. The molecule has 0 aliphatic carbocycles. The topological polar surface area (TPSA) is 153 Å². The van der Waals surface area contributed by atoms with E-state index in [1.165, 1.54) is 28.9 Å². The molecule has 8 rings (SSSR count). The highest BCUT2D eigenvalue weighted by molar-refractivity contribution is 6.13. The van der Waals surface area contributed by atoms with Crippen LogP contribution in [0.1, 0.15) is 50.2 Å². The maximum atomic E-state index is 14.0. The lowest BCUT2D eigenvalue weighted by Gasteiger charge is -2.35. The standard InChI is InChI=1S/C43H43N5O9/c1-45-32-20-38(36(54-4)18-30(32)40(49)47-22-26-15-29(53-3)12-9-25(26)16-34(47)42(45)51)56-13-6-14-57-39-21-33-31(19-37(39)55-5)41(50)48-23-27(17-35(48)43(52)46(33)2)24-7-10-28(44)11-8-24/h7-12,15,18-21,23,34-35H,6,13-14,16-17,22,44H2,1-5H3/t34?,35-/m0/s1. The van der Waals surface area contributed by atoms with E-state index in [0.29, 0.717) is 76.2 Å². The minimum atomic E-state index is -0.695. The van der Waals surface area contributed by atoms with Gasteiger partial charge in [-0.2, -0.15) is 0 Å². The van der Waals surface area contributed by atoms with Gasteiger partial charge in [-0.3, -0.25) is 19.2 Å². The second-order valence-electron chi connectivity index (χ2n) is 14.4. The molecule has 2 atom stereocenters. The summed E-state index contributed by atoms with van der Waals surface area (Å²) in [5.74, 6) is 1.09. The number of carbonyl (C=O) groups is 4. The fraction of sp³-hybridized carbons (Fsp3) is 0.302. The van der Waals surface area contributed by atoms with Gasteiger partial charge in [-0.1, -0.05) is 18.2 Å². The summed E-state index contributed by atoms with van der Waals surface area (Å²) in [4.78, 5) is 61.6. The van der Waals surface area contributed by atoms with Crippen molar-refractivity contribution in [3.05, 3.63) is 101 Å². The van der Waals surface area contributed by atoms with Crippen LogP contribution in [0.15, 0.2) is 72.9 Å². The van der Waals surface area contributed by atoms with Crippen molar-refractivity contribution in [1.82, 2.24) is 9.80 Å². The van der Waals surface area contributed by atoms with Crippen LogP contribution in [-0.2, 0) is 22.6 Å². The molecule has 4 aromatic carbocycles. The zero-order valence-corrected chi connectivity index (χ0v) is 32.4. The molecule has 0 bridgehead atoms. The van der Waals surface area contributed by atoms with Gasteiger partial charge in [0.25, 0.3) is 11.8 Å². The van der Waals surface area contributed by atoms with Crippen LogP contribution < -0.4 is 39.2 Å². The summed E-state index contributed by atoms with van der Waals surface area (Å²) in [7, 11) is 7.90. The number of rotatable bonds is 10. The molecule has 4 aromatic rings. The van der Waals surface area contributed by atoms with E-state index in [0.717, 1.165) is 22.3 Å². The molecule has 0 saturated carbocycles. The SMILES string of the molecule is COc1ccc2c(c1)CN1C(=O)c3cc(OC)c(OCCCOc4cc5c(cc4OC)C(=O)N4C=C(c6ccc(N)cc6)C[C@H]4C(=O)N5C)cc3N(C)C(=O)C1C2. The lowest BCUT2D eigenvalue weighted by atomic mass is 9.93. The van der Waals surface area contributed by atoms with Crippen molar-refractivity contribution in [1.29, 1.82) is 0 Å². The van der Waals surface area contributed by atoms with E-state index in [2.05, 4.69) is 0 Å². The minimum Gasteiger partial charge on any atom is -0.497 e. The van der Waals surface area contributed by atoms with Gasteiger partial charge in [0, 0.05) is 63.9 Å². The molecule has 0 fully saturated rings. The van der Waals surface area contributed by atoms with Crippen molar-refractivity contribution in [3.8, 4) is 28.7 Å². The zero-order valence-electron chi connectivity index (χ0n) is 32.4. The molecule has 4 amide bonds. The summed E-state index contributed by atoms with van der Waals surface area (Å²) >= 11 is 0. The summed E-state index contributed by atoms with van der Waals surface area (Å²) in [5, 5.41) is 0. The van der Waals surface area contributed by atoms with Gasteiger partial charge in [-0.05, 0) is 58.7 Å². The Hall–Kier alpha value is -6.70. The lowest BCUT2D eigenvalue weighted by Crippen LogP contribution is -2.50. The Balaban J connectivity index is 0.960. The number of fused-ring (bicyclic) bond motifs is 5. The van der Waals surface area contributed by atoms with Crippen molar-refractivity contribution in [2.24, 2.45) is 0 Å². The maximum Gasteiger partial charge on any atom is 0.260 e. The number of nitrogens with zero attached hydrogens (tertiary/aromatic N) is 4. The quantitative estimate of drug-likeness (QED) is 0.174. The summed E-state index contributed by atoms with van der Waals surface area (Å²) < 4.78 is 29.0. The largest absolute Gasteiger partial charge is 0.497 e. The van der Waals surface area contributed by atoms with E-state index >= 15 is 0 Å². The molecule has 2 N–H and O–H groups in total. The van der Waals surface area contributed by atoms with E-state index in [-0.39, 0.29) is 43.4 Å². The number of methoxy groups -OCH3 is 3. The second-order valence-corrected chi connectivity index (χ2v) is 14.4. The molecular formula is C43H43N5O9. The van der Waals surface area contributed by atoms with Crippen LogP contribution in [0.2, 0.25) is 0 Å². The molecule has 4 aliphatic rings. The third-order valence-electron chi connectivity index (χ3n) is 11.1. The number of hydrogen-bond acceptors (Lipinski definition) is 10. The fourth-order valence-corrected chi connectivity index (χ4v) is 7.98. The first-order valence-corrected chi connectivity index (χ1v) is 18.6. The number of likely N-dealkylation sites (N-methyl/N-ethyl adjacent to an activating group) is 2. The van der Waals surface area contributed by atoms with Gasteiger partial charge in [0.15, 0.2) is 23.0 Å². The Morgan fingerprint density at radius 1 is 0.649 bits per heavy atom. The highest BCUT2D eigenvalue weighted by atomic mass is 16.5. The number of benzene rings is 4. The van der Waals surface area contributed by atoms with Gasteiger partial charge in [0.05, 0.1) is 57.0 Å². The van der Waals surface area contributed by atoms with E-state index in [1.807, 2.05) is 30.3 Å². The Labute approximate surface area is 329 Å². The van der Waals surface area contributed by atoms with Gasteiger partial charge in [0.2, 0.25) is 11.8 Å². The number of nitrogens with two attached hydrogens (primary N) is 1. The number of amides is 4. The molecular weight excluding hydrogens is 730 g/mol. The summed E-state index contributed by atoms with van der Waals surface area (Å²) in [6.07, 6.45) is 2.93. The highest BCUT2D eigenvalue weighted by Gasteiger charge is 2.43. The molecule has 4 heterocycles. The van der Waals surface area contributed by atoms with Crippen LogP contribution in [-0.4, -0.2) is 94.2 Å². The van der Waals surface area contributed by atoms with E-state index in [4.69, 9.17) is 29.4 Å². The van der Waals surface area contributed by atoms with Crippen LogP contribution >= 0.6 is 0 Å².